The summed E-state index contributed by atoms with van der Waals surface area (Å²) < 4.78 is 4.79. The van der Waals surface area contributed by atoms with Crippen LogP contribution in [0.4, 0.5) is 0 Å². The van der Waals surface area contributed by atoms with Gasteiger partial charge in [0.1, 0.15) is 12.4 Å². The molecule has 1 unspecified atom stereocenters. The van der Waals surface area contributed by atoms with Crippen LogP contribution in [0.1, 0.15) is 79.6 Å². The summed E-state index contributed by atoms with van der Waals surface area (Å²) in [6.07, 6.45) is 1.20. The van der Waals surface area contributed by atoms with Gasteiger partial charge in [0.25, 0.3) is 5.91 Å². The molecule has 9 heteroatoms. The van der Waals surface area contributed by atoms with E-state index in [1.165, 1.54) is 5.56 Å². The van der Waals surface area contributed by atoms with Crippen molar-refractivity contribution in [2.24, 2.45) is 0 Å². The molecule has 0 bridgehead atoms. The molecule has 2 aromatic rings. The van der Waals surface area contributed by atoms with Crippen molar-refractivity contribution in [3.05, 3.63) is 52.6 Å². The number of amides is 2. The van der Waals surface area contributed by atoms with E-state index in [1.807, 2.05) is 0 Å². The summed E-state index contributed by atoms with van der Waals surface area (Å²) in [4.78, 5) is 47.0. The molecule has 2 N–H and O–H groups in total. The minimum atomic E-state index is -0.717. The van der Waals surface area contributed by atoms with Crippen molar-refractivity contribution in [3.8, 4) is 5.75 Å². The zero-order valence-electron chi connectivity index (χ0n) is 21.1. The molecule has 2 heterocycles. The van der Waals surface area contributed by atoms with Gasteiger partial charge in [-0.05, 0) is 42.7 Å². The smallest absolute Gasteiger partial charge is 0.325 e. The van der Waals surface area contributed by atoms with E-state index >= 15 is 0 Å². The van der Waals surface area contributed by atoms with Crippen LogP contribution in [0.3, 0.4) is 0 Å². The van der Waals surface area contributed by atoms with E-state index in [-0.39, 0.29) is 59.9 Å². The third-order valence-corrected chi connectivity index (χ3v) is 6.12. The summed E-state index contributed by atoms with van der Waals surface area (Å²) in [5.74, 6) is -1.27. The van der Waals surface area contributed by atoms with Gasteiger partial charge >= 0.3 is 5.97 Å². The summed E-state index contributed by atoms with van der Waals surface area (Å²) in [7, 11) is 0. The van der Waals surface area contributed by atoms with Crippen LogP contribution >= 0.6 is 0 Å². The largest absolute Gasteiger partial charge is 0.504 e. The second-order valence-corrected chi connectivity index (χ2v) is 9.79. The maximum Gasteiger partial charge on any atom is 0.325 e. The van der Waals surface area contributed by atoms with Gasteiger partial charge in [0.2, 0.25) is 5.91 Å². The maximum absolute atomic E-state index is 12.9. The minimum Gasteiger partial charge on any atom is -0.504 e. The molecule has 188 valence electrons. The van der Waals surface area contributed by atoms with Crippen LogP contribution in [0.15, 0.2) is 24.3 Å². The van der Waals surface area contributed by atoms with Crippen molar-refractivity contribution < 1.29 is 24.2 Å². The van der Waals surface area contributed by atoms with Crippen LogP contribution in [0.2, 0.25) is 0 Å². The lowest BCUT2D eigenvalue weighted by molar-refractivity contribution is -0.141. The molecule has 3 rings (SSSR count). The van der Waals surface area contributed by atoms with Crippen molar-refractivity contribution >= 4 is 17.8 Å². The number of hydrogen-bond acceptors (Lipinski definition) is 7. The Labute approximate surface area is 205 Å². The number of carbonyl (C=O) groups excluding carboxylic acids is 3. The average molecular weight is 483 g/mol. The number of nitrogens with one attached hydrogen (secondary N) is 1. The third-order valence-electron chi connectivity index (χ3n) is 6.12. The molecule has 0 aliphatic carbocycles. The molecule has 9 nitrogen and oxygen atoms in total. The first-order chi connectivity index (χ1) is 16.5. The second-order valence-electron chi connectivity index (χ2n) is 9.79. The molecule has 1 atom stereocenters. The van der Waals surface area contributed by atoms with E-state index in [0.29, 0.717) is 13.0 Å². The number of likely N-dealkylation sites (tertiary alicyclic amines) is 1. The molecule has 1 aromatic carbocycles. The van der Waals surface area contributed by atoms with Gasteiger partial charge in [0.15, 0.2) is 11.4 Å². The Morgan fingerprint density at radius 2 is 1.89 bits per heavy atom. The van der Waals surface area contributed by atoms with Gasteiger partial charge in [-0.1, -0.05) is 45.0 Å². The Bertz CT molecular complexity index is 1090. The zero-order chi connectivity index (χ0) is 25.8. The van der Waals surface area contributed by atoms with Crippen LogP contribution in [0.25, 0.3) is 0 Å². The molecular formula is C26H34N4O5. The Hall–Kier alpha value is -3.49. The lowest BCUT2D eigenvalue weighted by Gasteiger charge is -2.32. The number of carbonyl (C=O) groups is 3. The van der Waals surface area contributed by atoms with Gasteiger partial charge in [-0.15, -0.1) is 0 Å². The van der Waals surface area contributed by atoms with Crippen LogP contribution < -0.4 is 5.32 Å². The quantitative estimate of drug-likeness (QED) is 0.582. The van der Waals surface area contributed by atoms with Gasteiger partial charge in [0, 0.05) is 13.0 Å². The number of ether oxygens (including phenoxy) is 1. The molecule has 35 heavy (non-hydrogen) atoms. The molecule has 0 saturated carbocycles. The Morgan fingerprint density at radius 1 is 1.20 bits per heavy atom. The first-order valence-corrected chi connectivity index (χ1v) is 11.9. The lowest BCUT2D eigenvalue weighted by atomic mass is 9.83. The highest BCUT2D eigenvalue weighted by Crippen LogP contribution is 2.31. The Balaban J connectivity index is 1.66. The first kappa shape index (κ1) is 26.1. The van der Waals surface area contributed by atoms with Crippen molar-refractivity contribution in [1.29, 1.82) is 0 Å². The normalized spacial score (nSPS) is 16.2. The second kappa shape index (κ2) is 10.8. The van der Waals surface area contributed by atoms with Crippen molar-refractivity contribution in [2.45, 2.75) is 65.3 Å². The summed E-state index contributed by atoms with van der Waals surface area (Å²) >= 11 is 0. The summed E-state index contributed by atoms with van der Waals surface area (Å²) in [6, 6.07) is 8.49. The van der Waals surface area contributed by atoms with Gasteiger partial charge in [-0.2, -0.15) is 0 Å². The van der Waals surface area contributed by atoms with Gasteiger partial charge in [-0.25, -0.2) is 9.97 Å². The molecule has 0 spiro atoms. The molecule has 1 aromatic heterocycles. The molecule has 1 aliphatic rings. The monoisotopic (exact) mass is 482 g/mol. The van der Waals surface area contributed by atoms with E-state index in [4.69, 9.17) is 4.74 Å². The van der Waals surface area contributed by atoms with E-state index in [9.17, 15) is 19.5 Å². The van der Waals surface area contributed by atoms with Crippen LogP contribution in [0, 0.1) is 6.92 Å². The Morgan fingerprint density at radius 3 is 2.49 bits per heavy atom. The van der Waals surface area contributed by atoms with Crippen LogP contribution in [-0.4, -0.2) is 57.5 Å². The molecule has 2 amide bonds. The highest BCUT2D eigenvalue weighted by atomic mass is 16.5. The van der Waals surface area contributed by atoms with Crippen LogP contribution in [-0.2, 0) is 26.3 Å². The molecule has 1 saturated heterocycles. The van der Waals surface area contributed by atoms with E-state index in [1.54, 1.807) is 18.7 Å². The van der Waals surface area contributed by atoms with Gasteiger partial charge < -0.3 is 20.1 Å². The fourth-order valence-corrected chi connectivity index (χ4v) is 4.06. The fraction of sp³-hybridized carbons (Fsp3) is 0.500. The number of aromatic nitrogens is 2. The number of rotatable bonds is 7. The van der Waals surface area contributed by atoms with Crippen molar-refractivity contribution in [1.82, 2.24) is 20.2 Å². The Kier molecular flexibility index (Phi) is 8.09. The third kappa shape index (κ3) is 6.55. The highest BCUT2D eigenvalue weighted by Gasteiger charge is 2.28. The molecule has 1 fully saturated rings. The maximum atomic E-state index is 12.9. The summed E-state index contributed by atoms with van der Waals surface area (Å²) in [5.41, 5.74) is 2.47. The van der Waals surface area contributed by atoms with Crippen molar-refractivity contribution in [3.63, 3.8) is 0 Å². The van der Waals surface area contributed by atoms with Gasteiger partial charge in [0.05, 0.1) is 18.8 Å². The van der Waals surface area contributed by atoms with E-state index < -0.39 is 11.9 Å². The standard InChI is InChI=1S/C26H34N4O5/c1-6-35-22(32)14-27-25(34)23-24(33)16(2)28-20(29-23)15-30-12-11-18(13-21(30)31)17-7-9-19(10-8-17)26(3,4)5/h7-10,18,33H,6,11-15H2,1-5H3,(H,27,34). The molecule has 0 radical (unpaired) electrons. The van der Waals surface area contributed by atoms with Gasteiger partial charge in [-0.3, -0.25) is 14.4 Å². The number of hydrogen-bond donors (Lipinski definition) is 2. The summed E-state index contributed by atoms with van der Waals surface area (Å²) in [5, 5.41) is 12.7. The van der Waals surface area contributed by atoms with Crippen LogP contribution in [0.5, 0.6) is 5.75 Å². The summed E-state index contributed by atoms with van der Waals surface area (Å²) in [6.45, 7) is 10.3. The number of esters is 1. The average Bonchev–Trinajstić information content (AvgIpc) is 2.80. The number of aryl methyl sites for hydroxylation is 1. The number of piperidine rings is 1. The predicted molar refractivity (Wildman–Crippen MR) is 130 cm³/mol. The lowest BCUT2D eigenvalue weighted by Crippen LogP contribution is -2.38. The topological polar surface area (TPSA) is 122 Å². The predicted octanol–water partition coefficient (Wildman–Crippen LogP) is 2.99. The zero-order valence-corrected chi connectivity index (χ0v) is 21.1. The minimum absolute atomic E-state index is 0.0104. The fourth-order valence-electron chi connectivity index (χ4n) is 4.06. The number of aromatic hydroxyl groups is 1. The van der Waals surface area contributed by atoms with E-state index in [2.05, 4.69) is 60.3 Å². The highest BCUT2D eigenvalue weighted by molar-refractivity contribution is 5.96. The first-order valence-electron chi connectivity index (χ1n) is 11.9. The SMILES string of the molecule is CCOC(=O)CNC(=O)c1nc(CN2CCC(c3ccc(C(C)(C)C)cc3)CC2=O)nc(C)c1O. The molecular weight excluding hydrogens is 448 g/mol. The van der Waals surface area contributed by atoms with E-state index in [0.717, 1.165) is 12.0 Å². The number of benzene rings is 1. The number of nitrogens with zero attached hydrogens (tertiary/aromatic N) is 3. The van der Waals surface area contributed by atoms with Crippen molar-refractivity contribution in [2.75, 3.05) is 19.7 Å². The molecule has 1 aliphatic heterocycles.